The first kappa shape index (κ1) is 10.4. The topological polar surface area (TPSA) is 12.4 Å². The highest BCUT2D eigenvalue weighted by molar-refractivity contribution is 5.76. The molecule has 0 N–H and O–H groups in total. The van der Waals surface area contributed by atoms with Gasteiger partial charge >= 0.3 is 0 Å². The van der Waals surface area contributed by atoms with Gasteiger partial charge in [-0.3, -0.25) is 4.99 Å². The third kappa shape index (κ3) is 7.31. The van der Waals surface area contributed by atoms with Crippen LogP contribution < -0.4 is 0 Å². The van der Waals surface area contributed by atoms with Crippen LogP contribution in [0.1, 0.15) is 40.0 Å². The zero-order valence-electron chi connectivity index (χ0n) is 7.93. The first-order chi connectivity index (χ1) is 5.16. The van der Waals surface area contributed by atoms with Crippen LogP contribution in [0.25, 0.3) is 0 Å². The van der Waals surface area contributed by atoms with E-state index in [9.17, 15) is 0 Å². The summed E-state index contributed by atoms with van der Waals surface area (Å²) in [6, 6.07) is 0.464. The lowest BCUT2D eigenvalue weighted by Gasteiger charge is -2.03. The summed E-state index contributed by atoms with van der Waals surface area (Å²) in [5, 5.41) is 0. The van der Waals surface area contributed by atoms with E-state index in [0.29, 0.717) is 6.04 Å². The second-order valence-electron chi connectivity index (χ2n) is 3.12. The summed E-state index contributed by atoms with van der Waals surface area (Å²) in [7, 11) is 0. The fourth-order valence-corrected chi connectivity index (χ4v) is 0.829. The molecule has 0 amide bonds. The molecule has 0 aromatic heterocycles. The summed E-state index contributed by atoms with van der Waals surface area (Å²) in [5.41, 5.74) is 1.04. The molecular formula is C10H19N. The molecule has 0 spiro atoms. The van der Waals surface area contributed by atoms with E-state index in [2.05, 4.69) is 25.4 Å². The Labute approximate surface area is 70.2 Å². The monoisotopic (exact) mass is 153 g/mol. The molecule has 0 aromatic carbocycles. The van der Waals surface area contributed by atoms with Crippen LogP contribution in [0.5, 0.6) is 0 Å². The lowest BCUT2D eigenvalue weighted by molar-refractivity contribution is 0.619. The van der Waals surface area contributed by atoms with Crippen molar-refractivity contribution in [3.8, 4) is 0 Å². The Hall–Kier alpha value is -0.590. The van der Waals surface area contributed by atoms with Gasteiger partial charge in [0.25, 0.3) is 0 Å². The molecule has 0 rings (SSSR count). The fourth-order valence-electron chi connectivity index (χ4n) is 0.829. The van der Waals surface area contributed by atoms with E-state index in [0.717, 1.165) is 5.57 Å². The van der Waals surface area contributed by atoms with E-state index in [4.69, 9.17) is 0 Å². The molecule has 1 heteroatoms. The molecule has 0 saturated heterocycles. The highest BCUT2D eigenvalue weighted by Crippen LogP contribution is 2.02. The number of allylic oxidation sites excluding steroid dienone is 1. The van der Waals surface area contributed by atoms with Gasteiger partial charge in [0, 0.05) is 12.3 Å². The molecule has 0 radical (unpaired) electrons. The van der Waals surface area contributed by atoms with E-state index in [1.54, 1.807) is 0 Å². The molecular weight excluding hydrogens is 134 g/mol. The second-order valence-corrected chi connectivity index (χ2v) is 3.12. The molecule has 64 valence electrons. The smallest absolute Gasteiger partial charge is 0.0471 e. The Morgan fingerprint density at radius 2 is 2.27 bits per heavy atom. The molecule has 0 heterocycles. The first-order valence-electron chi connectivity index (χ1n) is 4.35. The van der Waals surface area contributed by atoms with Crippen molar-refractivity contribution in [1.82, 2.24) is 0 Å². The van der Waals surface area contributed by atoms with Gasteiger partial charge in [-0.15, -0.1) is 0 Å². The van der Waals surface area contributed by atoms with Crippen LogP contribution in [0.4, 0.5) is 0 Å². The van der Waals surface area contributed by atoms with Crippen LogP contribution in [-0.4, -0.2) is 12.3 Å². The Morgan fingerprint density at radius 3 is 2.73 bits per heavy atom. The third-order valence-electron chi connectivity index (χ3n) is 1.52. The van der Waals surface area contributed by atoms with Gasteiger partial charge in [-0.25, -0.2) is 0 Å². The Kier molecular flexibility index (Phi) is 5.81. The molecule has 0 aliphatic rings. The summed E-state index contributed by atoms with van der Waals surface area (Å²) >= 11 is 0. The van der Waals surface area contributed by atoms with Crippen LogP contribution in [0.3, 0.4) is 0 Å². The van der Waals surface area contributed by atoms with Crippen molar-refractivity contribution < 1.29 is 0 Å². The van der Waals surface area contributed by atoms with Crippen molar-refractivity contribution in [3.05, 3.63) is 12.2 Å². The predicted octanol–water partition coefficient (Wildman–Crippen LogP) is 3.21. The molecule has 0 fully saturated rings. The predicted molar refractivity (Wildman–Crippen MR) is 52.3 cm³/mol. The summed E-state index contributed by atoms with van der Waals surface area (Å²) < 4.78 is 0. The standard InChI is InChI=1S/C10H19N/c1-5-6-7-10(4)11-8-9(2)3/h8,10H,2,5-7H2,1,3-4H3/b11-8-. The number of nitrogens with zero attached hydrogens (tertiary/aromatic N) is 1. The van der Waals surface area contributed by atoms with Crippen LogP contribution in [0, 0.1) is 0 Å². The van der Waals surface area contributed by atoms with Gasteiger partial charge in [0.2, 0.25) is 0 Å². The molecule has 0 bridgehead atoms. The van der Waals surface area contributed by atoms with Crippen LogP contribution in [-0.2, 0) is 0 Å². The first-order valence-corrected chi connectivity index (χ1v) is 4.35. The lowest BCUT2D eigenvalue weighted by Crippen LogP contribution is -1.97. The SMILES string of the molecule is C=C(C)/C=N\C(C)CCCC. The maximum Gasteiger partial charge on any atom is 0.0471 e. The van der Waals surface area contributed by atoms with E-state index in [-0.39, 0.29) is 0 Å². The van der Waals surface area contributed by atoms with E-state index in [1.807, 2.05) is 13.1 Å². The van der Waals surface area contributed by atoms with Gasteiger partial charge in [-0.05, 0) is 25.8 Å². The van der Waals surface area contributed by atoms with Gasteiger partial charge < -0.3 is 0 Å². The molecule has 11 heavy (non-hydrogen) atoms. The van der Waals surface area contributed by atoms with Crippen molar-refractivity contribution in [3.63, 3.8) is 0 Å². The van der Waals surface area contributed by atoms with E-state index < -0.39 is 0 Å². The van der Waals surface area contributed by atoms with Crippen molar-refractivity contribution in [1.29, 1.82) is 0 Å². The third-order valence-corrected chi connectivity index (χ3v) is 1.52. The second kappa shape index (κ2) is 6.14. The Bertz CT molecular complexity index is 136. The Balaban J connectivity index is 3.50. The van der Waals surface area contributed by atoms with Gasteiger partial charge in [0.15, 0.2) is 0 Å². The van der Waals surface area contributed by atoms with E-state index >= 15 is 0 Å². The summed E-state index contributed by atoms with van der Waals surface area (Å²) in [6.45, 7) is 10.1. The van der Waals surface area contributed by atoms with Crippen molar-refractivity contribution in [2.24, 2.45) is 4.99 Å². The largest absolute Gasteiger partial charge is 0.290 e. The van der Waals surface area contributed by atoms with Crippen LogP contribution in [0.15, 0.2) is 17.1 Å². The molecule has 0 saturated carbocycles. The lowest BCUT2D eigenvalue weighted by atomic mass is 10.1. The van der Waals surface area contributed by atoms with Gasteiger partial charge in [0.05, 0.1) is 0 Å². The van der Waals surface area contributed by atoms with Crippen LogP contribution in [0.2, 0.25) is 0 Å². The van der Waals surface area contributed by atoms with E-state index in [1.165, 1.54) is 19.3 Å². The van der Waals surface area contributed by atoms with Crippen molar-refractivity contribution in [2.45, 2.75) is 46.1 Å². The van der Waals surface area contributed by atoms with Crippen molar-refractivity contribution in [2.75, 3.05) is 0 Å². The maximum absolute atomic E-state index is 4.34. The molecule has 0 aliphatic carbocycles. The number of rotatable bonds is 5. The average molecular weight is 153 g/mol. The quantitative estimate of drug-likeness (QED) is 0.538. The highest BCUT2D eigenvalue weighted by atomic mass is 14.7. The zero-order valence-corrected chi connectivity index (χ0v) is 7.93. The summed E-state index contributed by atoms with van der Waals surface area (Å²) in [5.74, 6) is 0. The van der Waals surface area contributed by atoms with Gasteiger partial charge in [-0.2, -0.15) is 0 Å². The normalized spacial score (nSPS) is 13.7. The zero-order chi connectivity index (χ0) is 8.69. The summed E-state index contributed by atoms with van der Waals surface area (Å²) in [6.07, 6.45) is 5.59. The maximum atomic E-state index is 4.34. The molecule has 1 atom stereocenters. The minimum atomic E-state index is 0.464. The minimum absolute atomic E-state index is 0.464. The molecule has 0 aliphatic heterocycles. The average Bonchev–Trinajstić information content (AvgIpc) is 1.97. The van der Waals surface area contributed by atoms with Crippen molar-refractivity contribution >= 4 is 6.21 Å². The fraction of sp³-hybridized carbons (Fsp3) is 0.700. The molecule has 1 unspecified atom stereocenters. The number of aliphatic imine (C=N–C) groups is 1. The molecule has 0 aromatic rings. The van der Waals surface area contributed by atoms with Gasteiger partial charge in [0.1, 0.15) is 0 Å². The summed E-state index contributed by atoms with van der Waals surface area (Å²) in [4.78, 5) is 4.34. The van der Waals surface area contributed by atoms with Gasteiger partial charge in [-0.1, -0.05) is 26.3 Å². The Morgan fingerprint density at radius 1 is 1.64 bits per heavy atom. The van der Waals surface area contributed by atoms with Crippen LogP contribution >= 0.6 is 0 Å². The number of unbranched alkanes of at least 4 members (excludes halogenated alkanes) is 1. The highest BCUT2D eigenvalue weighted by Gasteiger charge is 1.94. The minimum Gasteiger partial charge on any atom is -0.290 e. The molecule has 1 nitrogen and oxygen atoms in total. The number of hydrogen-bond acceptors (Lipinski definition) is 1. The number of hydrogen-bond donors (Lipinski definition) is 0.